The highest BCUT2D eigenvalue weighted by molar-refractivity contribution is 5.75. The lowest BCUT2D eigenvalue weighted by molar-refractivity contribution is -0.409. The van der Waals surface area contributed by atoms with E-state index in [2.05, 4.69) is 26.6 Å². The number of rotatable bonds is 33. The van der Waals surface area contributed by atoms with Crippen molar-refractivity contribution in [3.63, 3.8) is 0 Å². The summed E-state index contributed by atoms with van der Waals surface area (Å²) in [5, 5.41) is 316. The zero-order valence-electron chi connectivity index (χ0n) is 67.8. The number of aliphatic hydroxyl groups excluding tert-OH is 27. The molecule has 5 amide bonds. The highest BCUT2D eigenvalue weighted by Crippen LogP contribution is 2.42. The number of carbonyl (C=O) groups excluding carboxylic acids is 5. The summed E-state index contributed by atoms with van der Waals surface area (Å²) in [5.74, 6) is -4.87. The molecule has 10 aliphatic heterocycles. The Hall–Kier alpha value is -4.49. The van der Waals surface area contributed by atoms with Gasteiger partial charge in [-0.1, -0.05) is 0 Å². The van der Waals surface area contributed by atoms with E-state index in [1.807, 2.05) is 0 Å². The van der Waals surface area contributed by atoms with Crippen LogP contribution in [0.5, 0.6) is 0 Å². The van der Waals surface area contributed by atoms with Crippen molar-refractivity contribution in [2.45, 2.75) is 341 Å². The van der Waals surface area contributed by atoms with Crippen LogP contribution in [0, 0.1) is 0 Å². The van der Waals surface area contributed by atoms with Crippen molar-refractivity contribution in [2.24, 2.45) is 0 Å². The van der Waals surface area contributed by atoms with Crippen LogP contribution in [0.25, 0.3) is 0 Å². The van der Waals surface area contributed by atoms with Crippen molar-refractivity contribution in [1.82, 2.24) is 26.6 Å². The van der Waals surface area contributed by atoms with Crippen LogP contribution in [0.1, 0.15) is 34.6 Å². The number of amides is 5. The maximum Gasteiger partial charge on any atom is 0.217 e. The second-order valence-electron chi connectivity index (χ2n) is 31.7. The molecule has 0 aromatic rings. The van der Waals surface area contributed by atoms with Gasteiger partial charge >= 0.3 is 0 Å². The maximum atomic E-state index is 13.4. The summed E-state index contributed by atoms with van der Waals surface area (Å²) in [5.41, 5.74) is 0. The second kappa shape index (κ2) is 45.5. The number of carbonyl (C=O) groups is 5. The lowest BCUT2D eigenvalue weighted by Crippen LogP contribution is -2.72. The van der Waals surface area contributed by atoms with E-state index in [0.717, 1.165) is 34.6 Å². The van der Waals surface area contributed by atoms with Crippen LogP contribution in [0.2, 0.25) is 0 Å². The number of hydrogen-bond donors (Lipinski definition) is 32. The van der Waals surface area contributed by atoms with Gasteiger partial charge in [0.15, 0.2) is 62.9 Å². The van der Waals surface area contributed by atoms with Crippen molar-refractivity contribution in [3.8, 4) is 0 Å². The van der Waals surface area contributed by atoms with Gasteiger partial charge in [-0.2, -0.15) is 0 Å². The van der Waals surface area contributed by atoms with E-state index in [1.54, 1.807) is 0 Å². The van der Waals surface area contributed by atoms with E-state index in [4.69, 9.17) is 90.0 Å². The highest BCUT2D eigenvalue weighted by atomic mass is 16.8. The molecule has 10 fully saturated rings. The average Bonchev–Trinajstić information content (AvgIpc) is 0.756. The zero-order chi connectivity index (χ0) is 92.8. The van der Waals surface area contributed by atoms with Gasteiger partial charge in [-0.3, -0.25) is 24.0 Å². The molecule has 10 saturated heterocycles. The lowest BCUT2D eigenvalue weighted by Gasteiger charge is -2.52. The Kier molecular flexibility index (Phi) is 37.4. The Morgan fingerprint density at radius 3 is 0.865 bits per heavy atom. The van der Waals surface area contributed by atoms with Gasteiger partial charge in [-0.05, 0) is 0 Å². The highest BCUT2D eigenvalue weighted by Gasteiger charge is 2.63. The quantitative estimate of drug-likeness (QED) is 0.0290. The van der Waals surface area contributed by atoms with Crippen molar-refractivity contribution < 1.29 is 252 Å². The van der Waals surface area contributed by atoms with E-state index >= 15 is 0 Å². The first-order valence-electron chi connectivity index (χ1n) is 40.1. The van der Waals surface area contributed by atoms with Crippen LogP contribution in [-0.2, 0) is 114 Å². The molecule has 126 heavy (non-hydrogen) atoms. The van der Waals surface area contributed by atoms with E-state index in [9.17, 15) is 162 Å². The monoisotopic (exact) mass is 1840 g/mol. The van der Waals surface area contributed by atoms with Gasteiger partial charge in [0.05, 0.1) is 66.1 Å². The number of nitrogens with one attached hydrogen (secondary N) is 5. The minimum absolute atomic E-state index is 0.827. The first kappa shape index (κ1) is 104. The molecule has 0 spiro atoms. The summed E-state index contributed by atoms with van der Waals surface area (Å²) in [7, 11) is 0. The third-order valence-corrected chi connectivity index (χ3v) is 22.9. The van der Waals surface area contributed by atoms with Gasteiger partial charge in [-0.15, -0.1) is 0 Å². The van der Waals surface area contributed by atoms with Crippen molar-refractivity contribution in [3.05, 3.63) is 0 Å². The fourth-order valence-electron chi connectivity index (χ4n) is 16.3. The van der Waals surface area contributed by atoms with Gasteiger partial charge in [0, 0.05) is 34.6 Å². The second-order valence-corrected chi connectivity index (χ2v) is 31.7. The molecule has 10 heterocycles. The third-order valence-electron chi connectivity index (χ3n) is 22.9. The Balaban J connectivity index is 1.11. The Morgan fingerprint density at radius 2 is 0.460 bits per heavy atom. The number of hydrogen-bond acceptors (Lipinski definition) is 51. The van der Waals surface area contributed by atoms with E-state index in [-0.39, 0.29) is 0 Å². The van der Waals surface area contributed by atoms with Crippen molar-refractivity contribution >= 4 is 29.5 Å². The average molecular weight is 1840 g/mol. The molecular formula is C70H117N5O51. The maximum absolute atomic E-state index is 13.4. The van der Waals surface area contributed by atoms with Gasteiger partial charge in [-0.25, -0.2) is 0 Å². The predicted octanol–water partition coefficient (Wildman–Crippen LogP) is -22.1. The summed E-state index contributed by atoms with van der Waals surface area (Å²) in [6.07, 6.45) is -99.0. The molecule has 50 atom stereocenters. The fraction of sp³-hybridized carbons (Fsp3) is 0.929. The molecule has 56 nitrogen and oxygen atoms in total. The molecule has 0 bridgehead atoms. The van der Waals surface area contributed by atoms with Gasteiger partial charge < -0.3 is 254 Å². The molecule has 0 saturated carbocycles. The van der Waals surface area contributed by atoms with Crippen LogP contribution in [0.4, 0.5) is 0 Å². The predicted molar refractivity (Wildman–Crippen MR) is 388 cm³/mol. The fourth-order valence-corrected chi connectivity index (χ4v) is 16.3. The standard InChI is InChI=1S/C70H117N5O51/c1-16(85)71-31-44(98)53(28(13-83)109-61(31)107)119-63-33(73-18(3)87)45(99)54(29(14-84)117-63)120-68-52(106)58(124-70-60(49(103)40(94)25(10-80)116-70)126-65-35(75-20(5)89)57(42(96)27(12-82)112-65)123-67-51(105)47(101)38(92)23(8-78)114-67)55(121-62-32(72-17(2)86)43(97)36(90)21(6-76)110-62)30(118-68)15-108-69-59(48(102)39(93)24(9-79)115-69)125-64-34(74-19(4)88)56(41(95)26(11-81)111-64)122-66-50(104)46(100)37(91)22(7-77)113-66/h21-70,76-84,90-107H,6-15H2,1-5H3,(H,71,85)(H,72,86)(H,73,87)(H,74,88)(H,75,89)/t21-,22-,23-,24-,25-,26-,27-,28-,29-,30-,31-,32-,33-,34-,35-,36-,37+,38+,39-,40-,41-,42-,43-,44-,45-,46+,47+,48+,49+,50-,51-,52+,53-,54-,55-,56-,57-,58-,59+,60+,61-,62+,63+,64+,65+,66+,67+,68+,69+,70-/m1/s1. The topological polar surface area (TPSA) is 867 Å². The molecule has 56 heteroatoms. The van der Waals surface area contributed by atoms with E-state index in [0.29, 0.717) is 0 Å². The summed E-state index contributed by atoms with van der Waals surface area (Å²) in [4.78, 5) is 65.3. The molecule has 0 aliphatic carbocycles. The van der Waals surface area contributed by atoms with Gasteiger partial charge in [0.25, 0.3) is 0 Å². The van der Waals surface area contributed by atoms with Crippen LogP contribution in [-0.4, -0.2) is 540 Å². The third kappa shape index (κ3) is 22.9. The SMILES string of the molecule is CC(=O)N[C@@H]1[C@@H](O)[C@H](O[C@@H]2O[C@H](CO)[C@@H](O[C@@H]3O[C@H](CO[C@H]4O[C@H](CO)[C@@H](O)[C@H](O)[C@@H]4O[C@@H]4O[C@H](CO)[C@@H](O)[C@H](O[C@@H]5O[C@H](CO)[C@H](O)[C@H](O)[C@H]5O)[C@H]4NC(C)=O)[C@@H](O[C@@H]4O[C@H](CO)[C@@H](O)[C@H](O)[C@H]4NC(C)=O)[C@H](O[C@H]4O[C@H](CO)[C@@H](O)[C@H](O)[C@@H]4O[C@@H]4O[C@H](CO)[C@@H](O)[C@H](O[C@@H]5O[C@H](CO)[C@H](O)[C@H](O)[C@H]5O)[C@H]4NC(C)=O)[C@@H]3O)[C@H](O)[C@H]2NC(C)=O)[C@@H](CO)O[C@H]1O. The lowest BCUT2D eigenvalue weighted by atomic mass is 9.93. The summed E-state index contributed by atoms with van der Waals surface area (Å²) >= 11 is 0. The molecule has 0 unspecified atom stereocenters. The molecule has 32 N–H and O–H groups in total. The number of aliphatic hydroxyl groups is 27. The van der Waals surface area contributed by atoms with Crippen molar-refractivity contribution in [1.29, 1.82) is 0 Å². The first-order valence-corrected chi connectivity index (χ1v) is 40.1. The normalized spacial score (nSPS) is 48.4. The largest absolute Gasteiger partial charge is 0.394 e. The molecule has 10 aliphatic rings. The van der Waals surface area contributed by atoms with Crippen molar-refractivity contribution in [2.75, 3.05) is 66.1 Å². The molecule has 0 aromatic heterocycles. The Labute approximate surface area is 713 Å². The Morgan fingerprint density at radius 1 is 0.206 bits per heavy atom. The first-order chi connectivity index (χ1) is 59.6. The summed E-state index contributed by atoms with van der Waals surface area (Å²) in [6, 6.07) is -9.84. The van der Waals surface area contributed by atoms with Crippen LogP contribution >= 0.6 is 0 Å². The van der Waals surface area contributed by atoms with Crippen LogP contribution in [0.3, 0.4) is 0 Å². The summed E-state index contributed by atoms with van der Waals surface area (Å²) in [6.45, 7) is -7.25. The zero-order valence-corrected chi connectivity index (χ0v) is 67.8. The molecule has 0 aromatic carbocycles. The molecule has 0 radical (unpaired) electrons. The number of ether oxygens (including phenoxy) is 19. The minimum atomic E-state index is -2.79. The van der Waals surface area contributed by atoms with E-state index < -0.39 is 402 Å². The molecular weight excluding hydrogens is 1730 g/mol. The van der Waals surface area contributed by atoms with Gasteiger partial charge in [0.1, 0.15) is 244 Å². The van der Waals surface area contributed by atoms with E-state index in [1.165, 1.54) is 0 Å². The van der Waals surface area contributed by atoms with Crippen LogP contribution < -0.4 is 26.6 Å². The van der Waals surface area contributed by atoms with Crippen LogP contribution in [0.15, 0.2) is 0 Å². The Bertz CT molecular complexity index is 3440. The van der Waals surface area contributed by atoms with Gasteiger partial charge in [0.2, 0.25) is 29.5 Å². The minimum Gasteiger partial charge on any atom is -0.394 e. The summed E-state index contributed by atoms with van der Waals surface area (Å²) < 4.78 is 116. The molecule has 728 valence electrons. The smallest absolute Gasteiger partial charge is 0.217 e. The molecule has 10 rings (SSSR count).